The van der Waals surface area contributed by atoms with Gasteiger partial charge in [0.1, 0.15) is 11.9 Å². The van der Waals surface area contributed by atoms with Crippen LogP contribution in [0.3, 0.4) is 0 Å². The number of H-pyrrole nitrogens is 1. The molecular weight excluding hydrogens is 439 g/mol. The van der Waals surface area contributed by atoms with Crippen LogP contribution in [0.25, 0.3) is 0 Å². The fourth-order valence-electron chi connectivity index (χ4n) is 4.29. The molecule has 2 heterocycles. The number of rotatable bonds is 4. The van der Waals surface area contributed by atoms with Gasteiger partial charge in [0.2, 0.25) is 5.82 Å². The van der Waals surface area contributed by atoms with Gasteiger partial charge in [-0.1, -0.05) is 13.0 Å². The molecule has 0 unspecified atom stereocenters. The van der Waals surface area contributed by atoms with E-state index in [1.807, 2.05) is 0 Å². The van der Waals surface area contributed by atoms with E-state index in [4.69, 9.17) is 9.47 Å². The van der Waals surface area contributed by atoms with Crippen LogP contribution >= 0.6 is 0 Å². The lowest BCUT2D eigenvalue weighted by molar-refractivity contribution is -0.275. The summed E-state index contributed by atoms with van der Waals surface area (Å²) in [5.41, 5.74) is -3.42. The number of ether oxygens (including phenoxy) is 2. The van der Waals surface area contributed by atoms with Gasteiger partial charge in [0.05, 0.1) is 24.5 Å². The van der Waals surface area contributed by atoms with Crippen molar-refractivity contribution >= 4 is 0 Å². The number of aliphatic hydroxyl groups is 1. The Balaban J connectivity index is 2.26. The normalized spacial score (nSPS) is 26.9. The zero-order valence-corrected chi connectivity index (χ0v) is 18.0. The third-order valence-corrected chi connectivity index (χ3v) is 6.16. The molecule has 1 saturated heterocycles. The molecule has 1 aliphatic heterocycles. The van der Waals surface area contributed by atoms with Gasteiger partial charge in [-0.25, -0.2) is 9.37 Å². The summed E-state index contributed by atoms with van der Waals surface area (Å²) in [6.45, 7) is 4.90. The van der Waals surface area contributed by atoms with Gasteiger partial charge in [0.25, 0.3) is 5.56 Å². The molecule has 11 heteroatoms. The van der Waals surface area contributed by atoms with Gasteiger partial charge in [-0.15, -0.1) is 0 Å². The first kappa shape index (κ1) is 24.1. The largest absolute Gasteiger partial charge is 0.493 e. The van der Waals surface area contributed by atoms with Crippen molar-refractivity contribution in [3.8, 4) is 5.75 Å². The van der Waals surface area contributed by atoms with Gasteiger partial charge in [-0.3, -0.25) is 4.79 Å². The number of hydrogen-bond acceptors (Lipinski definition) is 5. The highest BCUT2D eigenvalue weighted by Crippen LogP contribution is 2.59. The van der Waals surface area contributed by atoms with E-state index in [9.17, 15) is 31.9 Å². The van der Waals surface area contributed by atoms with E-state index in [0.717, 1.165) is 26.2 Å². The average molecular weight is 462 g/mol. The van der Waals surface area contributed by atoms with E-state index in [-0.39, 0.29) is 22.6 Å². The highest BCUT2D eigenvalue weighted by molar-refractivity contribution is 5.41. The van der Waals surface area contributed by atoms with Gasteiger partial charge in [0, 0.05) is 17.4 Å². The second kappa shape index (κ2) is 8.11. The van der Waals surface area contributed by atoms with Gasteiger partial charge in [0.15, 0.2) is 17.2 Å². The minimum Gasteiger partial charge on any atom is -0.493 e. The third kappa shape index (κ3) is 3.66. The maximum atomic E-state index is 14.4. The van der Waals surface area contributed by atoms with Crippen LogP contribution in [-0.2, 0) is 4.74 Å². The minimum atomic E-state index is -4.82. The highest BCUT2D eigenvalue weighted by Gasteiger charge is 2.65. The van der Waals surface area contributed by atoms with Crippen LogP contribution in [0.1, 0.15) is 61.5 Å². The lowest BCUT2D eigenvalue weighted by Gasteiger charge is -2.32. The third-order valence-electron chi connectivity index (χ3n) is 6.16. The van der Waals surface area contributed by atoms with E-state index in [2.05, 4.69) is 9.97 Å². The number of alkyl halides is 3. The SMILES string of the molecule is COc1c([C@H]2[C@H](c3nc(C)c([C@@H](C)O)c(=O)[nH]3)O[C@@](C)(C(F)(F)F)[C@H]2C)ccc(F)c1F. The van der Waals surface area contributed by atoms with Crippen LogP contribution in [0, 0.1) is 24.5 Å². The molecule has 1 aromatic carbocycles. The second-order valence-electron chi connectivity index (χ2n) is 8.07. The highest BCUT2D eigenvalue weighted by atomic mass is 19.4. The molecule has 3 rings (SSSR count). The van der Waals surface area contributed by atoms with Crippen molar-refractivity contribution in [2.45, 2.75) is 57.6 Å². The summed E-state index contributed by atoms with van der Waals surface area (Å²) in [5, 5.41) is 9.79. The first-order chi connectivity index (χ1) is 14.7. The quantitative estimate of drug-likeness (QED) is 0.665. The number of hydrogen-bond donors (Lipinski definition) is 2. The van der Waals surface area contributed by atoms with Crippen molar-refractivity contribution in [2.24, 2.45) is 5.92 Å². The van der Waals surface area contributed by atoms with Crippen LogP contribution in [-0.4, -0.2) is 34.0 Å². The Morgan fingerprint density at radius 2 is 1.94 bits per heavy atom. The monoisotopic (exact) mass is 462 g/mol. The minimum absolute atomic E-state index is 0.0414. The maximum Gasteiger partial charge on any atom is 0.417 e. The molecule has 2 N–H and O–H groups in total. The van der Waals surface area contributed by atoms with Crippen LogP contribution in [0.15, 0.2) is 16.9 Å². The van der Waals surface area contributed by atoms with E-state index >= 15 is 0 Å². The Morgan fingerprint density at radius 3 is 2.44 bits per heavy atom. The number of methoxy groups -OCH3 is 1. The molecule has 0 saturated carbocycles. The molecule has 0 aliphatic carbocycles. The van der Waals surface area contributed by atoms with Crippen molar-refractivity contribution < 1.29 is 36.5 Å². The lowest BCUT2D eigenvalue weighted by atomic mass is 9.77. The van der Waals surface area contributed by atoms with E-state index < -0.39 is 58.8 Å². The summed E-state index contributed by atoms with van der Waals surface area (Å²) >= 11 is 0. The predicted octanol–water partition coefficient (Wildman–Crippen LogP) is 4.23. The number of nitrogens with one attached hydrogen (secondary N) is 1. The standard InChI is InChI=1S/C21H23F5N2O4/c1-8-13(11-6-7-12(22)15(23)16(11)31-5)17(32-20(8,4)21(24,25)26)18-27-9(2)14(10(3)29)19(30)28-18/h6-8,10,13,17,29H,1-5H3,(H,27,28,30)/t8-,10+,13-,17+,20+/m0/s1. The fourth-order valence-corrected chi connectivity index (χ4v) is 4.29. The zero-order valence-electron chi connectivity index (χ0n) is 18.0. The van der Waals surface area contributed by atoms with Crippen LogP contribution in [0.5, 0.6) is 5.75 Å². The molecule has 176 valence electrons. The number of aromatic nitrogens is 2. The van der Waals surface area contributed by atoms with Gasteiger partial charge < -0.3 is 19.6 Å². The molecule has 0 radical (unpaired) electrons. The van der Waals surface area contributed by atoms with Crippen molar-refractivity contribution in [2.75, 3.05) is 7.11 Å². The molecule has 0 bridgehead atoms. The van der Waals surface area contributed by atoms with Gasteiger partial charge in [-0.2, -0.15) is 17.6 Å². The second-order valence-corrected chi connectivity index (χ2v) is 8.07. The Morgan fingerprint density at radius 1 is 1.31 bits per heavy atom. The molecule has 2 aromatic rings. The van der Waals surface area contributed by atoms with Crippen molar-refractivity contribution in [1.29, 1.82) is 0 Å². The Hall–Kier alpha value is -2.53. The number of benzene rings is 1. The van der Waals surface area contributed by atoms with E-state index in [1.54, 1.807) is 0 Å². The van der Waals surface area contributed by atoms with E-state index in [0.29, 0.717) is 0 Å². The van der Waals surface area contributed by atoms with Crippen LogP contribution in [0.4, 0.5) is 22.0 Å². The van der Waals surface area contributed by atoms with Crippen molar-refractivity contribution in [3.05, 3.63) is 56.8 Å². The predicted molar refractivity (Wildman–Crippen MR) is 103 cm³/mol. The average Bonchev–Trinajstić information content (AvgIpc) is 2.95. The summed E-state index contributed by atoms with van der Waals surface area (Å²) < 4.78 is 80.7. The number of aromatic amines is 1. The Labute approximate surface area is 180 Å². The molecule has 1 aliphatic rings. The first-order valence-electron chi connectivity index (χ1n) is 9.79. The molecule has 1 aromatic heterocycles. The summed E-state index contributed by atoms with van der Waals surface area (Å²) in [6, 6.07) is 1.92. The summed E-state index contributed by atoms with van der Waals surface area (Å²) in [4.78, 5) is 19.1. The number of halogens is 5. The summed E-state index contributed by atoms with van der Waals surface area (Å²) in [5.74, 6) is -5.86. The summed E-state index contributed by atoms with van der Waals surface area (Å²) in [7, 11) is 1.07. The number of aryl methyl sites for hydroxylation is 1. The Kier molecular flexibility index (Phi) is 6.11. The Bertz CT molecular complexity index is 1090. The van der Waals surface area contributed by atoms with Crippen molar-refractivity contribution in [1.82, 2.24) is 9.97 Å². The van der Waals surface area contributed by atoms with Crippen molar-refractivity contribution in [3.63, 3.8) is 0 Å². The van der Waals surface area contributed by atoms with E-state index in [1.165, 1.54) is 20.8 Å². The summed E-state index contributed by atoms with van der Waals surface area (Å²) in [6.07, 6.45) is -7.45. The molecule has 0 spiro atoms. The fraction of sp³-hybridized carbons (Fsp3) is 0.524. The molecule has 1 fully saturated rings. The van der Waals surface area contributed by atoms with Crippen LogP contribution in [0.2, 0.25) is 0 Å². The van der Waals surface area contributed by atoms with Gasteiger partial charge >= 0.3 is 6.18 Å². The van der Waals surface area contributed by atoms with Crippen LogP contribution < -0.4 is 10.3 Å². The topological polar surface area (TPSA) is 84.4 Å². The van der Waals surface area contributed by atoms with Gasteiger partial charge in [-0.05, 0) is 26.8 Å². The number of nitrogens with zero attached hydrogens (tertiary/aromatic N) is 1. The number of aliphatic hydroxyl groups excluding tert-OH is 1. The maximum absolute atomic E-state index is 14.4. The molecule has 32 heavy (non-hydrogen) atoms. The smallest absolute Gasteiger partial charge is 0.417 e. The zero-order chi connectivity index (χ0) is 24.2. The lowest BCUT2D eigenvalue weighted by Crippen LogP contribution is -2.46. The molecule has 5 atom stereocenters. The first-order valence-corrected chi connectivity index (χ1v) is 9.79. The molecular formula is C21H23F5N2O4. The molecule has 6 nitrogen and oxygen atoms in total. The molecule has 0 amide bonds.